The van der Waals surface area contributed by atoms with Crippen molar-refractivity contribution in [1.82, 2.24) is 0 Å². The third-order valence-electron chi connectivity index (χ3n) is 0.365. The molecule has 0 saturated carbocycles. The first kappa shape index (κ1) is 6.92. The molecule has 1 nitrogen and oxygen atoms in total. The van der Waals surface area contributed by atoms with E-state index in [0.717, 1.165) is 0 Å². The number of alkyl halides is 2. The van der Waals surface area contributed by atoms with Gasteiger partial charge in [0.15, 0.2) is 0 Å². The molecule has 1 N–H and O–H groups in total. The monoisotopic (exact) mass is 216 g/mol. The molecule has 0 aromatic heterocycles. The van der Waals surface area contributed by atoms with Gasteiger partial charge in [-0.15, -0.1) is 0 Å². The molecule has 0 spiro atoms. The van der Waals surface area contributed by atoms with Crippen LogP contribution in [-0.2, 0) is 0 Å². The van der Waals surface area contributed by atoms with Gasteiger partial charge in [-0.1, -0.05) is 31.9 Å². The predicted molar refractivity (Wildman–Crippen MR) is 33.3 cm³/mol. The fourth-order valence-corrected chi connectivity index (χ4v) is 0. The largest absolute Gasteiger partial charge is 0.391 e. The van der Waals surface area contributed by atoms with Crippen molar-refractivity contribution < 1.29 is 5.11 Å². The van der Waals surface area contributed by atoms with E-state index in [1.165, 1.54) is 0 Å². The number of aliphatic hydroxyl groups is 1. The van der Waals surface area contributed by atoms with Gasteiger partial charge in [-0.2, -0.15) is 0 Å². The van der Waals surface area contributed by atoms with Crippen molar-refractivity contribution in [3.05, 3.63) is 0 Å². The SMILES string of the molecule is CC(O)C(Br)Br. The normalized spacial score (nSPS) is 15.5. The second kappa shape index (κ2) is 2.99. The maximum Gasteiger partial charge on any atom is 0.0953 e. The smallest absolute Gasteiger partial charge is 0.0953 e. The van der Waals surface area contributed by atoms with Crippen molar-refractivity contribution in [1.29, 1.82) is 0 Å². The zero-order chi connectivity index (χ0) is 5.15. The minimum atomic E-state index is -0.315. The summed E-state index contributed by atoms with van der Waals surface area (Å²) in [5, 5.41) is 8.54. The maximum absolute atomic E-state index is 8.54. The zero-order valence-electron chi connectivity index (χ0n) is 3.36. The van der Waals surface area contributed by atoms with Crippen molar-refractivity contribution in [2.75, 3.05) is 0 Å². The zero-order valence-corrected chi connectivity index (χ0v) is 6.53. The summed E-state index contributed by atoms with van der Waals surface area (Å²) in [6, 6.07) is 0. The van der Waals surface area contributed by atoms with Gasteiger partial charge in [0.1, 0.15) is 0 Å². The van der Waals surface area contributed by atoms with Gasteiger partial charge in [0.2, 0.25) is 0 Å². The molecule has 0 saturated heterocycles. The van der Waals surface area contributed by atoms with E-state index in [4.69, 9.17) is 5.11 Å². The van der Waals surface area contributed by atoms with Crippen LogP contribution in [0.3, 0.4) is 0 Å². The average molecular weight is 218 g/mol. The Bertz CT molecular complexity index is 29.8. The first-order chi connectivity index (χ1) is 2.64. The highest BCUT2D eigenvalue weighted by Crippen LogP contribution is 2.11. The van der Waals surface area contributed by atoms with Gasteiger partial charge in [-0.25, -0.2) is 0 Å². The molecule has 0 aromatic rings. The fraction of sp³-hybridized carbons (Fsp3) is 1.00. The van der Waals surface area contributed by atoms with E-state index in [0.29, 0.717) is 0 Å². The highest BCUT2D eigenvalue weighted by Gasteiger charge is 2.02. The standard InChI is InChI=1S/C3H6Br2O/c1-2(6)3(4)5/h2-3,6H,1H3. The summed E-state index contributed by atoms with van der Waals surface area (Å²) >= 11 is 6.21. The summed E-state index contributed by atoms with van der Waals surface area (Å²) < 4.78 is 0.0324. The topological polar surface area (TPSA) is 20.2 Å². The van der Waals surface area contributed by atoms with Crippen molar-refractivity contribution in [3.8, 4) is 0 Å². The van der Waals surface area contributed by atoms with Gasteiger partial charge in [-0.3, -0.25) is 0 Å². The average Bonchev–Trinajstić information content (AvgIpc) is 1.36. The Morgan fingerprint density at radius 2 is 1.67 bits per heavy atom. The first-order valence-corrected chi connectivity index (χ1v) is 3.44. The molecule has 1 unspecified atom stereocenters. The summed E-state index contributed by atoms with van der Waals surface area (Å²) in [7, 11) is 0. The van der Waals surface area contributed by atoms with Crippen LogP contribution in [0.5, 0.6) is 0 Å². The quantitative estimate of drug-likeness (QED) is 0.660. The van der Waals surface area contributed by atoms with Gasteiger partial charge < -0.3 is 5.11 Å². The molecule has 0 aliphatic heterocycles. The van der Waals surface area contributed by atoms with Crippen molar-refractivity contribution in [3.63, 3.8) is 0 Å². The minimum absolute atomic E-state index is 0.0324. The van der Waals surface area contributed by atoms with Crippen LogP contribution in [0.2, 0.25) is 0 Å². The maximum atomic E-state index is 8.54. The predicted octanol–water partition coefficient (Wildman–Crippen LogP) is 1.48. The molecule has 0 amide bonds. The lowest BCUT2D eigenvalue weighted by atomic mass is 10.5. The Balaban J connectivity index is 2.99. The molecular formula is C3H6Br2O. The molecule has 1 atom stereocenters. The van der Waals surface area contributed by atoms with E-state index in [1.54, 1.807) is 6.92 Å². The van der Waals surface area contributed by atoms with Crippen molar-refractivity contribution in [2.24, 2.45) is 0 Å². The van der Waals surface area contributed by atoms with Crippen LogP contribution < -0.4 is 0 Å². The first-order valence-electron chi connectivity index (χ1n) is 1.61. The number of halogens is 2. The molecule has 0 aromatic carbocycles. The molecular weight excluding hydrogens is 212 g/mol. The van der Waals surface area contributed by atoms with E-state index in [1.807, 2.05) is 0 Å². The Morgan fingerprint density at radius 3 is 1.67 bits per heavy atom. The van der Waals surface area contributed by atoms with Crippen molar-refractivity contribution in [2.45, 2.75) is 16.8 Å². The van der Waals surface area contributed by atoms with E-state index in [9.17, 15) is 0 Å². The number of hydrogen-bond acceptors (Lipinski definition) is 1. The van der Waals surface area contributed by atoms with Gasteiger partial charge in [-0.05, 0) is 6.92 Å². The molecule has 0 fully saturated rings. The van der Waals surface area contributed by atoms with Gasteiger partial charge in [0.25, 0.3) is 0 Å². The highest BCUT2D eigenvalue weighted by molar-refractivity contribution is 9.24. The molecule has 0 aliphatic carbocycles. The van der Waals surface area contributed by atoms with Crippen LogP contribution in [0.25, 0.3) is 0 Å². The molecule has 6 heavy (non-hydrogen) atoms. The lowest BCUT2D eigenvalue weighted by Gasteiger charge is -2.00. The van der Waals surface area contributed by atoms with Crippen molar-refractivity contribution >= 4 is 31.9 Å². The second-order valence-electron chi connectivity index (χ2n) is 1.08. The van der Waals surface area contributed by atoms with Crippen LogP contribution >= 0.6 is 31.9 Å². The van der Waals surface area contributed by atoms with Gasteiger partial charge in [0, 0.05) is 0 Å². The Kier molecular flexibility index (Phi) is 3.45. The molecule has 0 radical (unpaired) electrons. The van der Waals surface area contributed by atoms with Crippen LogP contribution in [0, 0.1) is 0 Å². The second-order valence-corrected chi connectivity index (χ2v) is 4.28. The number of rotatable bonds is 1. The molecule has 38 valence electrons. The Morgan fingerprint density at radius 1 is 1.50 bits per heavy atom. The summed E-state index contributed by atoms with van der Waals surface area (Å²) in [4.78, 5) is 0. The summed E-state index contributed by atoms with van der Waals surface area (Å²) in [6.07, 6.45) is -0.315. The van der Waals surface area contributed by atoms with Crippen LogP contribution in [0.1, 0.15) is 6.92 Å². The number of aliphatic hydroxyl groups excluding tert-OH is 1. The van der Waals surface area contributed by atoms with Crippen LogP contribution in [-0.4, -0.2) is 14.9 Å². The Hall–Kier alpha value is 0.920. The summed E-state index contributed by atoms with van der Waals surface area (Å²) in [5.41, 5.74) is 0. The molecule has 0 bridgehead atoms. The van der Waals surface area contributed by atoms with Crippen LogP contribution in [0.4, 0.5) is 0 Å². The minimum Gasteiger partial charge on any atom is -0.391 e. The van der Waals surface area contributed by atoms with E-state index >= 15 is 0 Å². The third kappa shape index (κ3) is 3.12. The van der Waals surface area contributed by atoms with Crippen LogP contribution in [0.15, 0.2) is 0 Å². The molecule has 3 heteroatoms. The van der Waals surface area contributed by atoms with E-state index in [2.05, 4.69) is 31.9 Å². The Labute approximate surface area is 54.0 Å². The number of hydrogen-bond donors (Lipinski definition) is 1. The summed E-state index contributed by atoms with van der Waals surface area (Å²) in [6.45, 7) is 1.70. The molecule has 0 aliphatic rings. The summed E-state index contributed by atoms with van der Waals surface area (Å²) in [5.74, 6) is 0. The highest BCUT2D eigenvalue weighted by atomic mass is 79.9. The fourth-order valence-electron chi connectivity index (χ4n) is 0. The lowest BCUT2D eigenvalue weighted by Crippen LogP contribution is -2.07. The lowest BCUT2D eigenvalue weighted by molar-refractivity contribution is 0.215. The molecule has 0 heterocycles. The van der Waals surface area contributed by atoms with Gasteiger partial charge >= 0.3 is 0 Å². The van der Waals surface area contributed by atoms with Gasteiger partial charge in [0.05, 0.1) is 9.84 Å². The molecule has 0 rings (SSSR count). The van der Waals surface area contributed by atoms with E-state index in [-0.39, 0.29) is 9.84 Å². The third-order valence-corrected chi connectivity index (χ3v) is 1.89. The van der Waals surface area contributed by atoms with E-state index < -0.39 is 0 Å².